The Balaban J connectivity index is -0.000000219. The van der Waals surface area contributed by atoms with Crippen LogP contribution in [-0.4, -0.2) is 24.6 Å². The molecule has 226 valence electrons. The van der Waals surface area contributed by atoms with Gasteiger partial charge in [0.2, 0.25) is 5.96 Å². The zero-order valence-electron chi connectivity index (χ0n) is 23.8. The number of hydrogen-bond donors (Lipinski definition) is 4. The van der Waals surface area contributed by atoms with Crippen LogP contribution in [0.15, 0.2) is 174 Å². The first-order valence-electron chi connectivity index (χ1n) is 12.4. The van der Waals surface area contributed by atoms with Crippen molar-refractivity contribution in [2.75, 3.05) is 0 Å². The second kappa shape index (κ2) is 35.4. The van der Waals surface area contributed by atoms with Gasteiger partial charge in [0, 0.05) is 6.21 Å². The second-order valence-electron chi connectivity index (χ2n) is 7.60. The molecule has 0 saturated heterocycles. The summed E-state index contributed by atoms with van der Waals surface area (Å²) >= 11 is 0. The molecule has 0 fully saturated rings. The van der Waals surface area contributed by atoms with E-state index in [-0.39, 0.29) is 69.6 Å². The van der Waals surface area contributed by atoms with Crippen LogP contribution in [0.4, 0.5) is 0 Å². The topological polar surface area (TPSA) is 124 Å². The minimum Gasteiger partial charge on any atom is -0.748 e. The molecular formula is C34H37ClFe3N6+8. The summed E-state index contributed by atoms with van der Waals surface area (Å²) < 4.78 is 0. The van der Waals surface area contributed by atoms with Crippen LogP contribution in [-0.2, 0) is 51.2 Å². The monoisotopic (exact) mass is 732 g/mol. The molecule has 0 aliphatic heterocycles. The summed E-state index contributed by atoms with van der Waals surface area (Å²) in [5, 5.41) is 20.5. The molecule has 0 aliphatic carbocycles. The zero-order chi connectivity index (χ0) is 28.9. The third kappa shape index (κ3) is 29.7. The predicted molar refractivity (Wildman–Crippen MR) is 179 cm³/mol. The maximum absolute atomic E-state index is 6.74. The standard InChI is InChI=1S/C7H9N4.2C6H6N.3C5H5.ClH.3Fe/c8-7(9)11-10-5-6-3-1-2-4-6;2*7-5-6-3-1-2-4-6;3*1-2-4-5-3-1;;;;/h1-5H,(H4,8,9,11);2*1-5,7H;3*1-5H;1H;;;/q3*-1;-5;2*-1;;3*+6/b10-5+;;;;;;;;;. The molecule has 6 nitrogen and oxygen atoms in total. The largest absolute Gasteiger partial charge is 6.00 e. The van der Waals surface area contributed by atoms with Crippen molar-refractivity contribution < 1.29 is 51.2 Å². The molecule has 6 aromatic carbocycles. The third-order valence-corrected chi connectivity index (χ3v) is 4.45. The summed E-state index contributed by atoms with van der Waals surface area (Å²) in [7, 11) is 0. The Morgan fingerprint density at radius 3 is 1.02 bits per heavy atom. The van der Waals surface area contributed by atoms with Gasteiger partial charge in [-0.15, -0.1) is 34.2 Å². The van der Waals surface area contributed by atoms with Crippen LogP contribution in [0.25, 0.3) is 0 Å². The Kier molecular flexibility index (Phi) is 38.0. The van der Waals surface area contributed by atoms with Gasteiger partial charge in [-0.2, -0.15) is 77.9 Å². The Morgan fingerprint density at radius 1 is 0.523 bits per heavy atom. The van der Waals surface area contributed by atoms with Gasteiger partial charge in [0.05, 0.1) is 0 Å². The number of nitrogens with zero attached hydrogens (tertiary/aromatic N) is 2. The van der Waals surface area contributed by atoms with Gasteiger partial charge in [0.15, 0.2) is 0 Å². The molecule has 44 heavy (non-hydrogen) atoms. The molecular weight excluding hydrogens is 695 g/mol. The molecule has 6 rings (SSSR count). The van der Waals surface area contributed by atoms with Gasteiger partial charge < -0.3 is 52.6 Å². The number of nitrogens with two attached hydrogens (primary N) is 2. The van der Waals surface area contributed by atoms with Gasteiger partial charge in [0.1, 0.15) is 0 Å². The normalized spacial score (nSPS) is 8.00. The van der Waals surface area contributed by atoms with E-state index in [1.165, 1.54) is 12.4 Å². The van der Waals surface area contributed by atoms with E-state index in [1.807, 2.05) is 164 Å². The van der Waals surface area contributed by atoms with E-state index in [0.717, 1.165) is 16.7 Å². The molecule has 0 spiro atoms. The van der Waals surface area contributed by atoms with Crippen LogP contribution in [0.3, 0.4) is 0 Å². The quantitative estimate of drug-likeness (QED) is 0.0495. The van der Waals surface area contributed by atoms with Crippen LogP contribution in [0.1, 0.15) is 16.7 Å². The average Bonchev–Trinajstić information content (AvgIpc) is 3.83. The average molecular weight is 733 g/mol. The van der Waals surface area contributed by atoms with Gasteiger partial charge in [-0.25, -0.2) is 60.7 Å². The van der Waals surface area contributed by atoms with E-state index in [2.05, 4.69) is 10.2 Å². The van der Waals surface area contributed by atoms with Crippen LogP contribution >= 0.6 is 12.4 Å². The van der Waals surface area contributed by atoms with Crippen molar-refractivity contribution in [3.8, 4) is 0 Å². The number of hydrogen-bond acceptors (Lipinski definition) is 4. The molecule has 0 atom stereocenters. The molecule has 10 heteroatoms. The summed E-state index contributed by atoms with van der Waals surface area (Å²) in [5.74, 6) is -0.0344. The smallest absolute Gasteiger partial charge is 0.748 e. The fraction of sp³-hybridized carbons (Fsp3) is 0. The molecule has 0 bridgehead atoms. The molecule has 6 N–H and O–H groups in total. The first-order chi connectivity index (χ1) is 19.7. The van der Waals surface area contributed by atoms with Crippen LogP contribution < -0.4 is 11.5 Å². The maximum Gasteiger partial charge on any atom is 6.00 e. The molecule has 0 heterocycles. The van der Waals surface area contributed by atoms with Crippen LogP contribution in [0.2, 0.25) is 0 Å². The van der Waals surface area contributed by atoms with E-state index in [9.17, 15) is 0 Å². The number of nitrogens with one attached hydrogen (secondary N) is 2. The van der Waals surface area contributed by atoms with Crippen molar-refractivity contribution in [2.24, 2.45) is 21.7 Å². The van der Waals surface area contributed by atoms with E-state index >= 15 is 0 Å². The fourth-order valence-corrected chi connectivity index (χ4v) is 2.57. The minimum absolute atomic E-state index is 0. The van der Waals surface area contributed by atoms with Crippen LogP contribution in [0.5, 0.6) is 0 Å². The van der Waals surface area contributed by atoms with Crippen LogP contribution in [0, 0.1) is 10.8 Å². The van der Waals surface area contributed by atoms with E-state index in [0.29, 0.717) is 0 Å². The van der Waals surface area contributed by atoms with E-state index < -0.39 is 0 Å². The molecule has 0 saturated carbocycles. The molecule has 0 unspecified atom stereocenters. The second-order valence-corrected chi connectivity index (χ2v) is 7.60. The van der Waals surface area contributed by atoms with Crippen molar-refractivity contribution in [2.45, 2.75) is 0 Å². The number of halogens is 1. The van der Waals surface area contributed by atoms with E-state index in [1.54, 1.807) is 6.21 Å². The molecule has 0 aliphatic rings. The number of guanidine groups is 1. The molecule has 0 amide bonds. The summed E-state index contributed by atoms with van der Waals surface area (Å²) in [6, 6.07) is 52.9. The molecule has 6 aromatic rings. The fourth-order valence-electron chi connectivity index (χ4n) is 2.57. The van der Waals surface area contributed by atoms with Crippen molar-refractivity contribution in [3.05, 3.63) is 180 Å². The summed E-state index contributed by atoms with van der Waals surface area (Å²) in [6.07, 6.45) is 4.25. The zero-order valence-corrected chi connectivity index (χ0v) is 28.0. The van der Waals surface area contributed by atoms with Gasteiger partial charge in [-0.1, -0.05) is 0 Å². The van der Waals surface area contributed by atoms with Gasteiger partial charge >= 0.3 is 51.2 Å². The number of rotatable bonds is 4. The summed E-state index contributed by atoms with van der Waals surface area (Å²) in [6.45, 7) is 0. The Labute approximate surface area is 299 Å². The molecule has 0 aromatic heterocycles. The van der Waals surface area contributed by atoms with Gasteiger partial charge in [-0.05, 0) is 12.4 Å². The predicted octanol–water partition coefficient (Wildman–Crippen LogP) is 7.45. The Bertz CT molecular complexity index is 1170. The Morgan fingerprint density at radius 2 is 0.818 bits per heavy atom. The third-order valence-electron chi connectivity index (χ3n) is 4.45. The van der Waals surface area contributed by atoms with E-state index in [4.69, 9.17) is 22.3 Å². The SMILES string of the molecule is Cl.N=C[c-]1cccc1.N=C[c-]1cccc1.NC(N)=N/N=C/[c-]1cccc1.[Fe+6].[Fe+6].[Fe+6].[cH-]1[cH-][cH-][cH-][cH-]1.c1cc[cH-]c1.c1cc[cH-]c1. The van der Waals surface area contributed by atoms with Gasteiger partial charge in [0.25, 0.3) is 0 Å². The first-order valence-corrected chi connectivity index (χ1v) is 12.4. The van der Waals surface area contributed by atoms with Crippen molar-refractivity contribution in [1.82, 2.24) is 0 Å². The Hall–Kier alpha value is -3.77. The minimum atomic E-state index is -0.0344. The van der Waals surface area contributed by atoms with Gasteiger partial charge in [-0.3, -0.25) is 0 Å². The van der Waals surface area contributed by atoms with Crippen molar-refractivity contribution in [3.63, 3.8) is 0 Å². The van der Waals surface area contributed by atoms with Crippen molar-refractivity contribution >= 4 is 37.0 Å². The summed E-state index contributed by atoms with van der Waals surface area (Å²) in [5.41, 5.74) is 13.0. The molecule has 0 radical (unpaired) electrons. The summed E-state index contributed by atoms with van der Waals surface area (Å²) in [4.78, 5) is 0. The maximum atomic E-state index is 6.74. The van der Waals surface area contributed by atoms with Crippen molar-refractivity contribution in [1.29, 1.82) is 10.8 Å². The first kappa shape index (κ1) is 47.2.